The molecule has 2 aromatic rings. The minimum absolute atomic E-state index is 0.135. The lowest BCUT2D eigenvalue weighted by atomic mass is 10.2. The zero-order valence-electron chi connectivity index (χ0n) is 10.5. The molecule has 98 valence electrons. The Morgan fingerprint density at radius 3 is 2.58 bits per heavy atom. The summed E-state index contributed by atoms with van der Waals surface area (Å²) in [4.78, 5) is 19.1. The van der Waals surface area contributed by atoms with E-state index in [9.17, 15) is 4.79 Å². The van der Waals surface area contributed by atoms with Crippen LogP contribution < -0.4 is 15.8 Å². The summed E-state index contributed by atoms with van der Waals surface area (Å²) in [6.07, 6.45) is 2.93. The summed E-state index contributed by atoms with van der Waals surface area (Å²) < 4.78 is 5.08. The number of benzene rings is 1. The number of primary amides is 1. The van der Waals surface area contributed by atoms with Crippen LogP contribution in [0.2, 0.25) is 0 Å². The lowest BCUT2D eigenvalue weighted by molar-refractivity contribution is 0.0996. The molecule has 0 aliphatic rings. The van der Waals surface area contributed by atoms with Crippen molar-refractivity contribution in [3.05, 3.63) is 47.9 Å². The molecular weight excluding hydrogens is 244 g/mol. The molecule has 0 saturated carbocycles. The summed E-state index contributed by atoms with van der Waals surface area (Å²) in [6, 6.07) is 7.57. The number of anilines is 1. The van der Waals surface area contributed by atoms with Crippen LogP contribution in [0.3, 0.4) is 0 Å². The minimum atomic E-state index is -0.606. The quantitative estimate of drug-likeness (QED) is 0.840. The minimum Gasteiger partial charge on any atom is -0.497 e. The van der Waals surface area contributed by atoms with E-state index < -0.39 is 5.91 Å². The van der Waals surface area contributed by atoms with Crippen LogP contribution in [0.4, 0.5) is 5.82 Å². The molecule has 0 spiro atoms. The Kier molecular flexibility index (Phi) is 3.92. The molecule has 0 aliphatic heterocycles. The number of carbonyl (C=O) groups excluding carboxylic acids is 1. The van der Waals surface area contributed by atoms with Crippen molar-refractivity contribution in [3.8, 4) is 5.75 Å². The second kappa shape index (κ2) is 5.81. The van der Waals surface area contributed by atoms with Gasteiger partial charge in [-0.05, 0) is 17.7 Å². The summed E-state index contributed by atoms with van der Waals surface area (Å²) in [5.74, 6) is 0.567. The zero-order chi connectivity index (χ0) is 13.7. The molecule has 0 unspecified atom stereocenters. The third-order valence-electron chi connectivity index (χ3n) is 2.55. The Morgan fingerprint density at radius 2 is 1.95 bits per heavy atom. The van der Waals surface area contributed by atoms with Crippen LogP contribution in [0, 0.1) is 0 Å². The van der Waals surface area contributed by atoms with Gasteiger partial charge >= 0.3 is 0 Å². The van der Waals surface area contributed by atoms with E-state index in [-0.39, 0.29) is 5.69 Å². The van der Waals surface area contributed by atoms with Crippen molar-refractivity contribution in [2.24, 2.45) is 5.73 Å². The second-order valence-corrected chi connectivity index (χ2v) is 3.82. The Morgan fingerprint density at radius 1 is 1.26 bits per heavy atom. The molecule has 3 N–H and O–H groups in total. The average Bonchev–Trinajstić information content (AvgIpc) is 2.46. The van der Waals surface area contributed by atoms with Crippen molar-refractivity contribution < 1.29 is 9.53 Å². The van der Waals surface area contributed by atoms with Crippen molar-refractivity contribution >= 4 is 11.7 Å². The number of aromatic nitrogens is 2. The van der Waals surface area contributed by atoms with Gasteiger partial charge in [-0.3, -0.25) is 4.79 Å². The molecular formula is C13H14N4O2. The van der Waals surface area contributed by atoms with E-state index in [0.29, 0.717) is 12.4 Å². The topological polar surface area (TPSA) is 90.1 Å². The second-order valence-electron chi connectivity index (χ2n) is 3.82. The highest BCUT2D eigenvalue weighted by atomic mass is 16.5. The highest BCUT2D eigenvalue weighted by molar-refractivity contribution is 5.95. The van der Waals surface area contributed by atoms with Gasteiger partial charge in [0.1, 0.15) is 5.75 Å². The number of nitrogens with one attached hydrogen (secondary N) is 1. The summed E-state index contributed by atoms with van der Waals surface area (Å²) in [6.45, 7) is 0.517. The first-order chi connectivity index (χ1) is 9.20. The highest BCUT2D eigenvalue weighted by Gasteiger charge is 2.09. The van der Waals surface area contributed by atoms with Crippen LogP contribution in [-0.2, 0) is 6.54 Å². The third kappa shape index (κ3) is 3.19. The van der Waals surface area contributed by atoms with Gasteiger partial charge in [0.2, 0.25) is 0 Å². The molecule has 6 nitrogen and oxygen atoms in total. The standard InChI is InChI=1S/C13H14N4O2/c1-19-10-4-2-9(3-5-10)8-17-13-11(12(14)18)15-6-7-16-13/h2-7H,8H2,1H3,(H2,14,18)(H,16,17). The summed E-state index contributed by atoms with van der Waals surface area (Å²) in [7, 11) is 1.62. The summed E-state index contributed by atoms with van der Waals surface area (Å²) in [5, 5.41) is 3.03. The van der Waals surface area contributed by atoms with E-state index in [2.05, 4.69) is 15.3 Å². The van der Waals surface area contributed by atoms with Crippen molar-refractivity contribution in [1.82, 2.24) is 9.97 Å². The van der Waals surface area contributed by atoms with Crippen molar-refractivity contribution in [3.63, 3.8) is 0 Å². The lowest BCUT2D eigenvalue weighted by Gasteiger charge is -2.08. The number of nitrogens with zero attached hydrogens (tertiary/aromatic N) is 2. The Balaban J connectivity index is 2.07. The first kappa shape index (κ1) is 12.8. The molecule has 1 heterocycles. The SMILES string of the molecule is COc1ccc(CNc2nccnc2C(N)=O)cc1. The van der Waals surface area contributed by atoms with E-state index in [1.54, 1.807) is 7.11 Å². The van der Waals surface area contributed by atoms with Crippen molar-refractivity contribution in [2.45, 2.75) is 6.54 Å². The predicted octanol–water partition coefficient (Wildman–Crippen LogP) is 1.20. The maximum absolute atomic E-state index is 11.2. The number of carbonyl (C=O) groups is 1. The maximum Gasteiger partial charge on any atom is 0.271 e. The Labute approximate surface area is 110 Å². The monoisotopic (exact) mass is 258 g/mol. The van der Waals surface area contributed by atoms with Gasteiger partial charge in [0, 0.05) is 18.9 Å². The van der Waals surface area contributed by atoms with Crippen LogP contribution in [-0.4, -0.2) is 23.0 Å². The molecule has 6 heteroatoms. The van der Waals surface area contributed by atoms with E-state index in [1.165, 1.54) is 12.4 Å². The third-order valence-corrected chi connectivity index (χ3v) is 2.55. The first-order valence-corrected chi connectivity index (χ1v) is 5.68. The van der Waals surface area contributed by atoms with Gasteiger partial charge in [-0.15, -0.1) is 0 Å². The molecule has 0 bridgehead atoms. The van der Waals surface area contributed by atoms with Gasteiger partial charge in [0.25, 0.3) is 5.91 Å². The number of hydrogen-bond acceptors (Lipinski definition) is 5. The average molecular weight is 258 g/mol. The fourth-order valence-corrected chi connectivity index (χ4v) is 1.58. The Bertz CT molecular complexity index is 569. The number of hydrogen-bond donors (Lipinski definition) is 2. The molecule has 0 saturated heterocycles. The smallest absolute Gasteiger partial charge is 0.271 e. The number of ether oxygens (including phenoxy) is 1. The van der Waals surface area contributed by atoms with E-state index in [1.807, 2.05) is 24.3 Å². The van der Waals surface area contributed by atoms with Crippen molar-refractivity contribution in [1.29, 1.82) is 0 Å². The fourth-order valence-electron chi connectivity index (χ4n) is 1.58. The number of methoxy groups -OCH3 is 1. The van der Waals surface area contributed by atoms with Crippen LogP contribution in [0.25, 0.3) is 0 Å². The van der Waals surface area contributed by atoms with Crippen LogP contribution in [0.1, 0.15) is 16.1 Å². The molecule has 0 aliphatic carbocycles. The van der Waals surface area contributed by atoms with E-state index in [0.717, 1.165) is 11.3 Å². The predicted molar refractivity (Wildman–Crippen MR) is 70.9 cm³/mol. The summed E-state index contributed by atoms with van der Waals surface area (Å²) in [5.41, 5.74) is 6.39. The molecule has 1 aromatic heterocycles. The first-order valence-electron chi connectivity index (χ1n) is 5.68. The van der Waals surface area contributed by atoms with Gasteiger partial charge in [0.15, 0.2) is 11.5 Å². The normalized spacial score (nSPS) is 9.95. The van der Waals surface area contributed by atoms with E-state index in [4.69, 9.17) is 10.5 Å². The number of nitrogens with two attached hydrogens (primary N) is 1. The van der Waals surface area contributed by atoms with Crippen molar-refractivity contribution in [2.75, 3.05) is 12.4 Å². The maximum atomic E-state index is 11.2. The van der Waals surface area contributed by atoms with Crippen LogP contribution >= 0.6 is 0 Å². The van der Waals surface area contributed by atoms with Gasteiger partial charge in [-0.1, -0.05) is 12.1 Å². The zero-order valence-corrected chi connectivity index (χ0v) is 10.5. The lowest BCUT2D eigenvalue weighted by Crippen LogP contribution is -2.17. The largest absolute Gasteiger partial charge is 0.497 e. The molecule has 0 atom stereocenters. The number of amides is 1. The summed E-state index contributed by atoms with van der Waals surface area (Å²) >= 11 is 0. The van der Waals surface area contributed by atoms with E-state index >= 15 is 0 Å². The molecule has 0 fully saturated rings. The molecule has 1 aromatic carbocycles. The van der Waals surface area contributed by atoms with Gasteiger partial charge < -0.3 is 15.8 Å². The molecule has 1 amide bonds. The molecule has 19 heavy (non-hydrogen) atoms. The molecule has 2 rings (SSSR count). The van der Waals surface area contributed by atoms with Crippen LogP contribution in [0.5, 0.6) is 5.75 Å². The number of rotatable bonds is 5. The van der Waals surface area contributed by atoms with Gasteiger partial charge in [-0.2, -0.15) is 0 Å². The van der Waals surface area contributed by atoms with Gasteiger partial charge in [-0.25, -0.2) is 9.97 Å². The molecule has 0 radical (unpaired) electrons. The van der Waals surface area contributed by atoms with Gasteiger partial charge in [0.05, 0.1) is 7.11 Å². The Hall–Kier alpha value is -2.63. The van der Waals surface area contributed by atoms with Crippen LogP contribution in [0.15, 0.2) is 36.7 Å². The fraction of sp³-hybridized carbons (Fsp3) is 0.154. The highest BCUT2D eigenvalue weighted by Crippen LogP contribution is 2.13.